The summed E-state index contributed by atoms with van der Waals surface area (Å²) in [5.41, 5.74) is 0.800. The molecule has 0 saturated heterocycles. The first-order chi connectivity index (χ1) is 7.51. The lowest BCUT2D eigenvalue weighted by Crippen LogP contribution is -2.20. The number of benzene rings is 1. The normalized spacial score (nSPS) is 17.1. The molecule has 0 radical (unpaired) electrons. The van der Waals surface area contributed by atoms with Gasteiger partial charge in [-0.25, -0.2) is 0 Å². The van der Waals surface area contributed by atoms with Crippen LogP contribution in [-0.2, 0) is 10.2 Å². The van der Waals surface area contributed by atoms with Gasteiger partial charge in [0.25, 0.3) is 0 Å². The third kappa shape index (κ3) is 1.57. The molecule has 16 heavy (non-hydrogen) atoms. The number of phenolic OH excluding ortho intramolecular Hbond substituents is 1. The molecule has 1 aromatic carbocycles. The maximum Gasteiger partial charge on any atom is 0.314 e. The van der Waals surface area contributed by atoms with Crippen molar-refractivity contribution in [1.82, 2.24) is 0 Å². The van der Waals surface area contributed by atoms with Gasteiger partial charge in [0.2, 0.25) is 0 Å². The summed E-state index contributed by atoms with van der Waals surface area (Å²) in [6.45, 7) is 1.82. The van der Waals surface area contributed by atoms with Gasteiger partial charge in [-0.05, 0) is 49.3 Å². The molecule has 1 fully saturated rings. The number of hydrogen-bond donors (Lipinski definition) is 2. The van der Waals surface area contributed by atoms with E-state index in [1.807, 2.05) is 19.2 Å². The lowest BCUT2D eigenvalue weighted by molar-refractivity contribution is -0.140. The van der Waals surface area contributed by atoms with Gasteiger partial charge in [-0.1, -0.05) is 0 Å². The average Bonchev–Trinajstić information content (AvgIpc) is 3.02. The van der Waals surface area contributed by atoms with Crippen LogP contribution in [0.1, 0.15) is 24.0 Å². The minimum atomic E-state index is -0.786. The summed E-state index contributed by atoms with van der Waals surface area (Å²) >= 11 is 1.53. The number of aliphatic carboxylic acids is 1. The Morgan fingerprint density at radius 3 is 2.50 bits per heavy atom. The summed E-state index contributed by atoms with van der Waals surface area (Å²) in [4.78, 5) is 12.2. The molecule has 0 spiro atoms. The maximum absolute atomic E-state index is 11.3. The Morgan fingerprint density at radius 2 is 2.06 bits per heavy atom. The Bertz CT molecular complexity index is 450. The zero-order chi connectivity index (χ0) is 11.9. The van der Waals surface area contributed by atoms with Gasteiger partial charge in [0.1, 0.15) is 5.75 Å². The molecule has 1 aromatic rings. The van der Waals surface area contributed by atoms with Crippen molar-refractivity contribution in [3.8, 4) is 5.75 Å². The first kappa shape index (κ1) is 11.3. The van der Waals surface area contributed by atoms with E-state index in [0.29, 0.717) is 12.8 Å². The number of carboxylic acids is 1. The van der Waals surface area contributed by atoms with Gasteiger partial charge < -0.3 is 10.2 Å². The summed E-state index contributed by atoms with van der Waals surface area (Å²) in [5, 5.41) is 18.9. The van der Waals surface area contributed by atoms with Gasteiger partial charge in [0.15, 0.2) is 0 Å². The maximum atomic E-state index is 11.3. The Balaban J connectivity index is 2.56. The van der Waals surface area contributed by atoms with E-state index in [2.05, 4.69) is 0 Å². The molecular weight excluding hydrogens is 224 g/mol. The fourth-order valence-electron chi connectivity index (χ4n) is 1.94. The first-order valence-corrected chi connectivity index (χ1v) is 6.35. The molecule has 0 atom stereocenters. The van der Waals surface area contributed by atoms with Crippen molar-refractivity contribution in [1.29, 1.82) is 0 Å². The predicted molar refractivity (Wildman–Crippen MR) is 63.2 cm³/mol. The van der Waals surface area contributed by atoms with Crippen molar-refractivity contribution in [2.24, 2.45) is 0 Å². The standard InChI is InChI=1S/C12H14O3S/c1-7-5-10(16-2)8(6-9(7)13)12(3-4-12)11(14)15/h5-6,13H,3-4H2,1-2H3,(H,14,15). The molecule has 4 heteroatoms. The molecule has 0 unspecified atom stereocenters. The quantitative estimate of drug-likeness (QED) is 0.794. The van der Waals surface area contributed by atoms with E-state index < -0.39 is 11.4 Å². The number of phenols is 1. The number of carboxylic acid groups (broad SMARTS) is 1. The summed E-state index contributed by atoms with van der Waals surface area (Å²) in [5.74, 6) is -0.605. The second-order valence-electron chi connectivity index (χ2n) is 4.23. The molecule has 0 bridgehead atoms. The monoisotopic (exact) mass is 238 g/mol. The van der Waals surface area contributed by atoms with Crippen molar-refractivity contribution in [3.63, 3.8) is 0 Å². The van der Waals surface area contributed by atoms with Crippen LogP contribution < -0.4 is 0 Å². The molecule has 1 saturated carbocycles. The number of thioether (sulfide) groups is 1. The zero-order valence-electron chi connectivity index (χ0n) is 9.28. The number of aryl methyl sites for hydroxylation is 1. The summed E-state index contributed by atoms with van der Waals surface area (Å²) in [6.07, 6.45) is 3.25. The van der Waals surface area contributed by atoms with E-state index in [-0.39, 0.29) is 5.75 Å². The highest BCUT2D eigenvalue weighted by atomic mass is 32.2. The largest absolute Gasteiger partial charge is 0.508 e. The van der Waals surface area contributed by atoms with Gasteiger partial charge in [0, 0.05) is 4.90 Å². The lowest BCUT2D eigenvalue weighted by Gasteiger charge is -2.16. The topological polar surface area (TPSA) is 57.5 Å². The Morgan fingerprint density at radius 1 is 1.44 bits per heavy atom. The van der Waals surface area contributed by atoms with Crippen LogP contribution in [0.2, 0.25) is 0 Å². The molecule has 2 N–H and O–H groups in total. The van der Waals surface area contributed by atoms with Gasteiger partial charge >= 0.3 is 5.97 Å². The van der Waals surface area contributed by atoms with Crippen molar-refractivity contribution in [3.05, 3.63) is 23.3 Å². The molecule has 86 valence electrons. The van der Waals surface area contributed by atoms with Crippen LogP contribution in [0.15, 0.2) is 17.0 Å². The van der Waals surface area contributed by atoms with Crippen LogP contribution in [0.3, 0.4) is 0 Å². The molecule has 3 nitrogen and oxygen atoms in total. The molecule has 1 aliphatic carbocycles. The molecule has 1 aliphatic rings. The van der Waals surface area contributed by atoms with E-state index in [9.17, 15) is 15.0 Å². The summed E-state index contributed by atoms with van der Waals surface area (Å²) in [7, 11) is 0. The fraction of sp³-hybridized carbons (Fsp3) is 0.417. The zero-order valence-corrected chi connectivity index (χ0v) is 10.1. The van der Waals surface area contributed by atoms with Crippen molar-refractivity contribution in [2.45, 2.75) is 30.1 Å². The van der Waals surface area contributed by atoms with Crippen molar-refractivity contribution < 1.29 is 15.0 Å². The van der Waals surface area contributed by atoms with Crippen molar-refractivity contribution >= 4 is 17.7 Å². The first-order valence-electron chi connectivity index (χ1n) is 5.13. The third-order valence-corrected chi connectivity index (χ3v) is 3.97. The van der Waals surface area contributed by atoms with E-state index in [1.54, 1.807) is 6.07 Å². The van der Waals surface area contributed by atoms with E-state index in [4.69, 9.17) is 0 Å². The predicted octanol–water partition coefficient (Wildman–Crippen LogP) is 2.54. The van der Waals surface area contributed by atoms with E-state index >= 15 is 0 Å². The molecule has 0 heterocycles. The van der Waals surface area contributed by atoms with Gasteiger partial charge in [-0.2, -0.15) is 0 Å². The molecule has 0 aliphatic heterocycles. The van der Waals surface area contributed by atoms with Gasteiger partial charge in [-0.15, -0.1) is 11.8 Å². The van der Waals surface area contributed by atoms with Crippen LogP contribution >= 0.6 is 11.8 Å². The second kappa shape index (κ2) is 3.70. The van der Waals surface area contributed by atoms with E-state index in [1.165, 1.54) is 11.8 Å². The minimum absolute atomic E-state index is 0.181. The van der Waals surface area contributed by atoms with Gasteiger partial charge in [0.05, 0.1) is 5.41 Å². The minimum Gasteiger partial charge on any atom is -0.508 e. The highest BCUT2D eigenvalue weighted by Crippen LogP contribution is 2.52. The highest BCUT2D eigenvalue weighted by molar-refractivity contribution is 7.98. The van der Waals surface area contributed by atoms with Gasteiger partial charge in [-0.3, -0.25) is 4.79 Å². The number of aromatic hydroxyl groups is 1. The Labute approximate surface area is 98.5 Å². The Kier molecular flexibility index (Phi) is 2.62. The number of rotatable bonds is 3. The molecular formula is C12H14O3S. The van der Waals surface area contributed by atoms with Crippen LogP contribution in [0, 0.1) is 6.92 Å². The second-order valence-corrected chi connectivity index (χ2v) is 5.07. The van der Waals surface area contributed by atoms with Crippen LogP contribution in [0.4, 0.5) is 0 Å². The Hall–Kier alpha value is -1.16. The smallest absolute Gasteiger partial charge is 0.314 e. The van der Waals surface area contributed by atoms with Crippen LogP contribution in [0.25, 0.3) is 0 Å². The number of carbonyl (C=O) groups is 1. The summed E-state index contributed by atoms with van der Waals surface area (Å²) in [6, 6.07) is 3.47. The summed E-state index contributed by atoms with van der Waals surface area (Å²) < 4.78 is 0. The average molecular weight is 238 g/mol. The molecule has 0 amide bonds. The third-order valence-electron chi connectivity index (χ3n) is 3.19. The van der Waals surface area contributed by atoms with E-state index in [0.717, 1.165) is 16.0 Å². The highest BCUT2D eigenvalue weighted by Gasteiger charge is 2.53. The molecule has 2 rings (SSSR count). The molecule has 0 aromatic heterocycles. The SMILES string of the molecule is CSc1cc(C)c(O)cc1C1(C(=O)O)CC1. The fourth-order valence-corrected chi connectivity index (χ4v) is 2.71. The van der Waals surface area contributed by atoms with Crippen LogP contribution in [-0.4, -0.2) is 22.4 Å². The van der Waals surface area contributed by atoms with Crippen molar-refractivity contribution in [2.75, 3.05) is 6.26 Å². The number of hydrogen-bond acceptors (Lipinski definition) is 3. The van der Waals surface area contributed by atoms with Crippen LogP contribution in [0.5, 0.6) is 5.75 Å². The lowest BCUT2D eigenvalue weighted by atomic mass is 9.94.